The third-order valence-corrected chi connectivity index (χ3v) is 16.2. The first kappa shape index (κ1) is 56.1. The standard InChI is InChI=1S/C25H28N4O4S2.C24H28N4O4S2.2ClH/c30-34(31,19-14-21-8-3-1-4-9-21)27-24-13-12-22(29-17-7-15-26-16-18-29)20-25(24)28-35(32,33)23-10-5-2-6-11-23;1-19-8-11-22(12-9-19)34(31,32)26-23-13-10-20(28-16-5-14-25-15-17-28)18-24(23)27-33(29,30)21-6-3-2-4-7-21;;/h1-6,8-14,19-20,26-28H,7,15-18H2;2-4,6-13,18,25-27H,5,14-17H2,1H3;2*1H. The molecule has 16 nitrogen and oxygen atoms in total. The van der Waals surface area contributed by atoms with E-state index in [4.69, 9.17) is 0 Å². The Morgan fingerprint density at radius 3 is 1.28 bits per heavy atom. The quantitative estimate of drug-likeness (QED) is 0.0578. The minimum Gasteiger partial charge on any atom is -0.370 e. The smallest absolute Gasteiger partial charge is 0.261 e. The number of sulfonamides is 4. The first-order valence-corrected chi connectivity index (χ1v) is 28.3. The molecule has 0 aliphatic carbocycles. The zero-order chi connectivity index (χ0) is 48.9. The average molecular weight is 1090 g/mol. The molecule has 0 amide bonds. The van der Waals surface area contributed by atoms with Crippen LogP contribution in [0.15, 0.2) is 172 Å². The fourth-order valence-corrected chi connectivity index (χ4v) is 11.6. The average Bonchev–Trinajstić information content (AvgIpc) is 3.80. The van der Waals surface area contributed by atoms with Crippen LogP contribution in [0.2, 0.25) is 0 Å². The molecule has 2 fully saturated rings. The Hall–Kier alpha value is -5.84. The Morgan fingerprint density at radius 2 is 0.831 bits per heavy atom. The molecule has 2 heterocycles. The Bertz CT molecular complexity index is 3150. The molecule has 0 spiro atoms. The van der Waals surface area contributed by atoms with Gasteiger partial charge in [0.25, 0.3) is 40.1 Å². The molecule has 0 unspecified atom stereocenters. The van der Waals surface area contributed by atoms with Gasteiger partial charge in [0.05, 0.1) is 42.8 Å². The topological polar surface area (TPSA) is 215 Å². The van der Waals surface area contributed by atoms with Gasteiger partial charge in [-0.1, -0.05) is 84.4 Å². The predicted octanol–water partition coefficient (Wildman–Crippen LogP) is 7.94. The summed E-state index contributed by atoms with van der Waals surface area (Å²) in [4.78, 5) is 4.57. The minimum absolute atomic E-state index is 0. The summed E-state index contributed by atoms with van der Waals surface area (Å²) in [5.41, 5.74) is 3.89. The van der Waals surface area contributed by atoms with E-state index in [2.05, 4.69) is 39.3 Å². The first-order valence-electron chi connectivity index (χ1n) is 22.3. The van der Waals surface area contributed by atoms with E-state index in [9.17, 15) is 33.7 Å². The SMILES string of the molecule is Cc1ccc(S(=O)(=O)Nc2ccc(N3CCCNCC3)cc2NS(=O)(=O)c2ccccc2)cc1.Cl.Cl.O=S(=O)(C=Cc1ccccc1)Nc1ccc(N2CCCNCC2)cc1NS(=O)(=O)c1ccccc1. The van der Waals surface area contributed by atoms with E-state index in [1.807, 2.05) is 25.1 Å². The largest absolute Gasteiger partial charge is 0.370 e. The van der Waals surface area contributed by atoms with Gasteiger partial charge < -0.3 is 20.4 Å². The van der Waals surface area contributed by atoms with Crippen molar-refractivity contribution < 1.29 is 33.7 Å². The highest BCUT2D eigenvalue weighted by Gasteiger charge is 2.23. The van der Waals surface area contributed by atoms with Gasteiger partial charge in [-0.3, -0.25) is 18.9 Å². The van der Waals surface area contributed by atoms with Crippen molar-refractivity contribution in [2.45, 2.75) is 34.5 Å². The molecule has 8 rings (SSSR count). The van der Waals surface area contributed by atoms with Crippen LogP contribution >= 0.6 is 24.8 Å². The van der Waals surface area contributed by atoms with Gasteiger partial charge in [0, 0.05) is 50.6 Å². The number of hydrogen-bond donors (Lipinski definition) is 6. The van der Waals surface area contributed by atoms with Crippen LogP contribution < -0.4 is 39.3 Å². The molecule has 0 atom stereocenters. The van der Waals surface area contributed by atoms with E-state index in [0.717, 1.165) is 93.1 Å². The number of nitrogens with one attached hydrogen (secondary N) is 6. The van der Waals surface area contributed by atoms with Crippen molar-refractivity contribution in [1.82, 2.24) is 10.6 Å². The summed E-state index contributed by atoms with van der Waals surface area (Å²) < 4.78 is 114. The lowest BCUT2D eigenvalue weighted by Gasteiger charge is -2.24. The Kier molecular flexibility index (Phi) is 20.2. The highest BCUT2D eigenvalue weighted by Crippen LogP contribution is 2.33. The summed E-state index contributed by atoms with van der Waals surface area (Å²) in [6.45, 7) is 8.46. The molecule has 6 aromatic carbocycles. The van der Waals surface area contributed by atoms with Gasteiger partial charge in [0.2, 0.25) is 0 Å². The van der Waals surface area contributed by atoms with E-state index in [0.29, 0.717) is 0 Å². The lowest BCUT2D eigenvalue weighted by atomic mass is 10.2. The van der Waals surface area contributed by atoms with Crippen LogP contribution in [-0.2, 0) is 40.1 Å². The number of nitrogens with zero attached hydrogens (tertiary/aromatic N) is 2. The summed E-state index contributed by atoms with van der Waals surface area (Å²) in [6.07, 6.45) is 3.38. The highest BCUT2D eigenvalue weighted by atomic mass is 35.5. The molecular weight excluding hydrogens is 1030 g/mol. The summed E-state index contributed by atoms with van der Waals surface area (Å²) in [6, 6.07) is 41.6. The van der Waals surface area contributed by atoms with E-state index < -0.39 is 40.1 Å². The van der Waals surface area contributed by atoms with Crippen molar-refractivity contribution in [3.63, 3.8) is 0 Å². The molecule has 6 aromatic rings. The van der Waals surface area contributed by atoms with Gasteiger partial charge in [-0.25, -0.2) is 33.7 Å². The minimum atomic E-state index is -3.94. The molecule has 22 heteroatoms. The van der Waals surface area contributed by atoms with Crippen LogP contribution in [0.1, 0.15) is 24.0 Å². The lowest BCUT2D eigenvalue weighted by molar-refractivity contribution is 0.599. The van der Waals surface area contributed by atoms with Crippen molar-refractivity contribution in [2.75, 3.05) is 81.0 Å². The second kappa shape index (κ2) is 25.5. The lowest BCUT2D eigenvalue weighted by Crippen LogP contribution is -2.28. The van der Waals surface area contributed by atoms with Gasteiger partial charge >= 0.3 is 0 Å². The van der Waals surface area contributed by atoms with E-state index in [1.165, 1.54) is 42.5 Å². The molecule has 0 saturated carbocycles. The normalized spacial score (nSPS) is 14.5. The number of aryl methyl sites for hydroxylation is 1. The molecule has 71 heavy (non-hydrogen) atoms. The summed E-state index contributed by atoms with van der Waals surface area (Å²) in [5, 5.41) is 7.74. The zero-order valence-electron chi connectivity index (χ0n) is 38.8. The maximum Gasteiger partial charge on any atom is 0.261 e. The van der Waals surface area contributed by atoms with Crippen LogP contribution in [0.25, 0.3) is 6.08 Å². The Balaban J connectivity index is 0.000000257. The van der Waals surface area contributed by atoms with E-state index in [1.54, 1.807) is 97.1 Å². The molecule has 2 aliphatic rings. The number of anilines is 6. The molecular formula is C49H58Cl2N8O8S4. The van der Waals surface area contributed by atoms with Crippen molar-refractivity contribution >= 4 is 105 Å². The second-order valence-corrected chi connectivity index (χ2v) is 22.9. The number of rotatable bonds is 15. The summed E-state index contributed by atoms with van der Waals surface area (Å²) in [5.74, 6) is 0. The van der Waals surface area contributed by atoms with Crippen molar-refractivity contribution in [2.24, 2.45) is 0 Å². The van der Waals surface area contributed by atoms with Gasteiger partial charge in [-0.2, -0.15) is 0 Å². The van der Waals surface area contributed by atoms with E-state index in [-0.39, 0.29) is 62.3 Å². The maximum absolute atomic E-state index is 13.1. The third-order valence-electron chi connectivity index (χ3n) is 11.1. The molecule has 0 aromatic heterocycles. The van der Waals surface area contributed by atoms with Crippen molar-refractivity contribution in [1.29, 1.82) is 0 Å². The summed E-state index contributed by atoms with van der Waals surface area (Å²) >= 11 is 0. The fourth-order valence-electron chi connectivity index (χ4n) is 7.46. The Labute approximate surface area is 430 Å². The van der Waals surface area contributed by atoms with E-state index >= 15 is 0 Å². The molecule has 6 N–H and O–H groups in total. The predicted molar refractivity (Wildman–Crippen MR) is 291 cm³/mol. The molecule has 2 aliphatic heterocycles. The van der Waals surface area contributed by atoms with Gasteiger partial charge in [0.15, 0.2) is 0 Å². The van der Waals surface area contributed by atoms with Gasteiger partial charge in [-0.05, 0) is 117 Å². The zero-order valence-corrected chi connectivity index (χ0v) is 43.7. The second-order valence-electron chi connectivity index (χ2n) is 16.3. The van der Waals surface area contributed by atoms with Gasteiger partial charge in [-0.15, -0.1) is 24.8 Å². The number of hydrogen-bond acceptors (Lipinski definition) is 12. The van der Waals surface area contributed by atoms with Crippen LogP contribution in [0.3, 0.4) is 0 Å². The number of benzene rings is 6. The molecule has 0 bridgehead atoms. The highest BCUT2D eigenvalue weighted by molar-refractivity contribution is 7.95. The molecule has 380 valence electrons. The first-order chi connectivity index (χ1) is 33.1. The van der Waals surface area contributed by atoms with Crippen molar-refractivity contribution in [3.8, 4) is 0 Å². The molecule has 0 radical (unpaired) electrons. The molecule has 2 saturated heterocycles. The van der Waals surface area contributed by atoms with Crippen LogP contribution in [0.5, 0.6) is 0 Å². The van der Waals surface area contributed by atoms with Crippen LogP contribution in [-0.4, -0.2) is 86.0 Å². The number of halogens is 2. The maximum atomic E-state index is 13.1. The summed E-state index contributed by atoms with van der Waals surface area (Å²) in [7, 11) is -15.7. The fraction of sp³-hybridized carbons (Fsp3) is 0.224. The van der Waals surface area contributed by atoms with Crippen LogP contribution in [0.4, 0.5) is 34.1 Å². The monoisotopic (exact) mass is 1080 g/mol. The Morgan fingerprint density at radius 1 is 0.437 bits per heavy atom. The third kappa shape index (κ3) is 16.1. The van der Waals surface area contributed by atoms with Crippen LogP contribution in [0, 0.1) is 6.92 Å². The van der Waals surface area contributed by atoms with Crippen molar-refractivity contribution in [3.05, 3.63) is 168 Å². The van der Waals surface area contributed by atoms with Gasteiger partial charge in [0.1, 0.15) is 0 Å².